The zero-order valence-corrected chi connectivity index (χ0v) is 9.66. The lowest BCUT2D eigenvalue weighted by Gasteiger charge is -2.16. The van der Waals surface area contributed by atoms with Crippen molar-refractivity contribution in [1.29, 1.82) is 0 Å². The van der Waals surface area contributed by atoms with Crippen LogP contribution in [0.3, 0.4) is 0 Å². The molecule has 0 unspecified atom stereocenters. The first-order valence-corrected chi connectivity index (χ1v) is 6.13. The predicted octanol–water partition coefficient (Wildman–Crippen LogP) is 0.819. The molecule has 4 nitrogen and oxygen atoms in total. The fourth-order valence-electron chi connectivity index (χ4n) is 1.22. The molecule has 15 heavy (non-hydrogen) atoms. The van der Waals surface area contributed by atoms with Crippen molar-refractivity contribution in [3.63, 3.8) is 0 Å². The Morgan fingerprint density at radius 1 is 1.33 bits per heavy atom. The maximum absolute atomic E-state index is 12.0. The molecule has 84 valence electrons. The lowest BCUT2D eigenvalue weighted by atomic mass is 10.2. The molecule has 1 aromatic rings. The molecule has 0 aliphatic carbocycles. The highest BCUT2D eigenvalue weighted by Crippen LogP contribution is 2.18. The SMILES string of the molecule is CCN(C)S(=O)(=O)c1ccccc1CO. The van der Waals surface area contributed by atoms with Crippen LogP contribution >= 0.6 is 0 Å². The average molecular weight is 229 g/mol. The summed E-state index contributed by atoms with van der Waals surface area (Å²) in [6, 6.07) is 6.47. The minimum atomic E-state index is -3.46. The second kappa shape index (κ2) is 4.74. The Labute approximate surface area is 90.2 Å². The van der Waals surface area contributed by atoms with Gasteiger partial charge in [0.15, 0.2) is 0 Å². The molecule has 0 amide bonds. The summed E-state index contributed by atoms with van der Waals surface area (Å²) in [6.45, 7) is 1.90. The van der Waals surface area contributed by atoms with Gasteiger partial charge in [0.2, 0.25) is 10.0 Å². The summed E-state index contributed by atoms with van der Waals surface area (Å²) < 4.78 is 25.2. The van der Waals surface area contributed by atoms with Gasteiger partial charge >= 0.3 is 0 Å². The summed E-state index contributed by atoms with van der Waals surface area (Å²) in [4.78, 5) is 0.178. The van der Waals surface area contributed by atoms with E-state index >= 15 is 0 Å². The molecule has 0 radical (unpaired) electrons. The highest BCUT2D eigenvalue weighted by molar-refractivity contribution is 7.89. The van der Waals surface area contributed by atoms with E-state index < -0.39 is 10.0 Å². The molecular weight excluding hydrogens is 214 g/mol. The highest BCUT2D eigenvalue weighted by atomic mass is 32.2. The van der Waals surface area contributed by atoms with Crippen LogP contribution in [-0.2, 0) is 16.6 Å². The van der Waals surface area contributed by atoms with E-state index in [1.807, 2.05) is 0 Å². The van der Waals surface area contributed by atoms with Crippen molar-refractivity contribution in [1.82, 2.24) is 4.31 Å². The Bertz CT molecular complexity index is 428. The monoisotopic (exact) mass is 229 g/mol. The normalized spacial score (nSPS) is 12.0. The number of hydrogen-bond donors (Lipinski definition) is 1. The smallest absolute Gasteiger partial charge is 0.243 e. The topological polar surface area (TPSA) is 57.6 Å². The molecular formula is C10H15NO3S. The number of aliphatic hydroxyl groups excluding tert-OH is 1. The molecule has 1 aromatic carbocycles. The van der Waals surface area contributed by atoms with Gasteiger partial charge in [0.05, 0.1) is 11.5 Å². The van der Waals surface area contributed by atoms with Gasteiger partial charge in [-0.15, -0.1) is 0 Å². The van der Waals surface area contributed by atoms with Crippen molar-refractivity contribution >= 4 is 10.0 Å². The van der Waals surface area contributed by atoms with Gasteiger partial charge < -0.3 is 5.11 Å². The maximum Gasteiger partial charge on any atom is 0.243 e. The van der Waals surface area contributed by atoms with E-state index in [0.29, 0.717) is 12.1 Å². The van der Waals surface area contributed by atoms with E-state index in [1.165, 1.54) is 17.4 Å². The van der Waals surface area contributed by atoms with Crippen LogP contribution in [0.15, 0.2) is 29.2 Å². The van der Waals surface area contributed by atoms with E-state index in [2.05, 4.69) is 0 Å². The van der Waals surface area contributed by atoms with Crippen molar-refractivity contribution in [2.24, 2.45) is 0 Å². The summed E-state index contributed by atoms with van der Waals surface area (Å²) in [5, 5.41) is 9.05. The molecule has 1 N–H and O–H groups in total. The number of sulfonamides is 1. The standard InChI is InChI=1S/C10H15NO3S/c1-3-11(2)15(13,14)10-7-5-4-6-9(10)8-12/h4-7,12H,3,8H2,1-2H3. The summed E-state index contributed by atoms with van der Waals surface area (Å²) in [5.41, 5.74) is 0.429. The lowest BCUT2D eigenvalue weighted by Crippen LogP contribution is -2.27. The Morgan fingerprint density at radius 3 is 2.47 bits per heavy atom. The van der Waals surface area contributed by atoms with E-state index in [9.17, 15) is 8.42 Å². The zero-order chi connectivity index (χ0) is 11.5. The van der Waals surface area contributed by atoms with Gasteiger partial charge in [0.1, 0.15) is 0 Å². The summed E-state index contributed by atoms with van der Waals surface area (Å²) >= 11 is 0. The second-order valence-corrected chi connectivity index (χ2v) is 5.20. The van der Waals surface area contributed by atoms with E-state index in [1.54, 1.807) is 25.1 Å². The Hall–Kier alpha value is -0.910. The van der Waals surface area contributed by atoms with Crippen LogP contribution in [-0.4, -0.2) is 31.4 Å². The molecule has 0 spiro atoms. The minimum absolute atomic E-state index is 0.178. The molecule has 0 bridgehead atoms. The van der Waals surface area contributed by atoms with Crippen LogP contribution < -0.4 is 0 Å². The van der Waals surface area contributed by atoms with Crippen LogP contribution in [0.4, 0.5) is 0 Å². The summed E-state index contributed by atoms with van der Waals surface area (Å²) in [5.74, 6) is 0. The average Bonchev–Trinajstić information content (AvgIpc) is 2.27. The van der Waals surface area contributed by atoms with E-state index in [0.717, 1.165) is 0 Å². The summed E-state index contributed by atoms with van der Waals surface area (Å²) in [7, 11) is -1.94. The van der Waals surface area contributed by atoms with Crippen molar-refractivity contribution in [2.45, 2.75) is 18.4 Å². The largest absolute Gasteiger partial charge is 0.392 e. The fraction of sp³-hybridized carbons (Fsp3) is 0.400. The third kappa shape index (κ3) is 2.37. The molecule has 0 atom stereocenters. The molecule has 5 heteroatoms. The fourth-order valence-corrected chi connectivity index (χ4v) is 2.61. The van der Waals surface area contributed by atoms with Gasteiger partial charge in [0, 0.05) is 13.6 Å². The molecule has 0 aliphatic heterocycles. The molecule has 0 aliphatic rings. The number of rotatable bonds is 4. The van der Waals surface area contributed by atoms with E-state index in [-0.39, 0.29) is 11.5 Å². The van der Waals surface area contributed by atoms with Crippen LogP contribution in [0.25, 0.3) is 0 Å². The van der Waals surface area contributed by atoms with Crippen LogP contribution in [0, 0.1) is 0 Å². The number of benzene rings is 1. The van der Waals surface area contributed by atoms with Gasteiger partial charge in [-0.2, -0.15) is 0 Å². The molecule has 1 rings (SSSR count). The maximum atomic E-state index is 12.0. The Kier molecular flexibility index (Phi) is 3.84. The van der Waals surface area contributed by atoms with Gasteiger partial charge in [-0.05, 0) is 11.6 Å². The van der Waals surface area contributed by atoms with Crippen LogP contribution in [0.5, 0.6) is 0 Å². The third-order valence-corrected chi connectivity index (χ3v) is 4.31. The van der Waals surface area contributed by atoms with Gasteiger partial charge in [-0.25, -0.2) is 12.7 Å². The first-order chi connectivity index (χ1) is 7.04. The number of hydrogen-bond acceptors (Lipinski definition) is 3. The van der Waals surface area contributed by atoms with E-state index in [4.69, 9.17) is 5.11 Å². The summed E-state index contributed by atoms with van der Waals surface area (Å²) in [6.07, 6.45) is 0. The number of nitrogens with zero attached hydrogens (tertiary/aromatic N) is 1. The minimum Gasteiger partial charge on any atom is -0.392 e. The van der Waals surface area contributed by atoms with Crippen molar-refractivity contribution in [3.8, 4) is 0 Å². The zero-order valence-electron chi connectivity index (χ0n) is 8.84. The quantitative estimate of drug-likeness (QED) is 0.831. The molecule has 0 fully saturated rings. The van der Waals surface area contributed by atoms with Crippen molar-refractivity contribution in [3.05, 3.63) is 29.8 Å². The Balaban J connectivity index is 3.27. The molecule has 0 saturated carbocycles. The molecule has 0 aromatic heterocycles. The predicted molar refractivity (Wildman–Crippen MR) is 57.9 cm³/mol. The van der Waals surface area contributed by atoms with Gasteiger partial charge in [-0.3, -0.25) is 0 Å². The third-order valence-electron chi connectivity index (χ3n) is 2.28. The lowest BCUT2D eigenvalue weighted by molar-refractivity contribution is 0.278. The second-order valence-electron chi connectivity index (χ2n) is 3.19. The van der Waals surface area contributed by atoms with Gasteiger partial charge in [0.25, 0.3) is 0 Å². The van der Waals surface area contributed by atoms with Crippen LogP contribution in [0.1, 0.15) is 12.5 Å². The highest BCUT2D eigenvalue weighted by Gasteiger charge is 2.21. The van der Waals surface area contributed by atoms with Crippen molar-refractivity contribution < 1.29 is 13.5 Å². The number of aliphatic hydroxyl groups is 1. The first kappa shape index (κ1) is 12.2. The molecule has 0 heterocycles. The van der Waals surface area contributed by atoms with Gasteiger partial charge in [-0.1, -0.05) is 25.1 Å². The first-order valence-electron chi connectivity index (χ1n) is 4.69. The molecule has 0 saturated heterocycles. The Morgan fingerprint density at radius 2 is 1.93 bits per heavy atom. The van der Waals surface area contributed by atoms with Crippen molar-refractivity contribution in [2.75, 3.05) is 13.6 Å². The van der Waals surface area contributed by atoms with Crippen LogP contribution in [0.2, 0.25) is 0 Å².